The Labute approximate surface area is 113 Å². The molecule has 0 N–H and O–H groups in total. The summed E-state index contributed by atoms with van der Waals surface area (Å²) >= 11 is 0. The molecule has 0 unspecified atom stereocenters. The van der Waals surface area contributed by atoms with Gasteiger partial charge in [-0.15, -0.1) is 0 Å². The number of aromatic nitrogens is 1. The fourth-order valence-corrected chi connectivity index (χ4v) is 2.16. The van der Waals surface area contributed by atoms with E-state index in [0.29, 0.717) is 22.3 Å². The summed E-state index contributed by atoms with van der Waals surface area (Å²) in [6.45, 7) is 0. The third kappa shape index (κ3) is 1.80. The van der Waals surface area contributed by atoms with Crippen LogP contribution in [0.15, 0.2) is 62.5 Å². The predicted molar refractivity (Wildman–Crippen MR) is 74.6 cm³/mol. The molecule has 0 aliphatic carbocycles. The fourth-order valence-electron chi connectivity index (χ4n) is 2.16. The summed E-state index contributed by atoms with van der Waals surface area (Å²) in [4.78, 5) is 23.8. The van der Waals surface area contributed by atoms with Gasteiger partial charge >= 0.3 is 11.4 Å². The molecule has 0 amide bonds. The highest BCUT2D eigenvalue weighted by Crippen LogP contribution is 2.23. The minimum Gasteiger partial charge on any atom is -0.495 e. The molecular weight excluding hydrogens is 258 g/mol. The number of rotatable bonds is 2. The van der Waals surface area contributed by atoms with Crippen LogP contribution >= 0.6 is 0 Å². The minimum absolute atomic E-state index is 0.345. The molecule has 0 aliphatic heterocycles. The van der Waals surface area contributed by atoms with Crippen molar-refractivity contribution in [2.45, 2.75) is 0 Å². The first-order chi connectivity index (χ1) is 9.72. The molecule has 0 radical (unpaired) electrons. The Kier molecular flexibility index (Phi) is 2.87. The molecule has 3 aromatic rings. The lowest BCUT2D eigenvalue weighted by molar-refractivity contribution is 0.406. The van der Waals surface area contributed by atoms with E-state index < -0.39 is 11.4 Å². The number of para-hydroxylation sites is 3. The van der Waals surface area contributed by atoms with Crippen molar-refractivity contribution < 1.29 is 9.15 Å². The molecule has 100 valence electrons. The van der Waals surface area contributed by atoms with E-state index in [-0.39, 0.29) is 0 Å². The van der Waals surface area contributed by atoms with Gasteiger partial charge in [-0.3, -0.25) is 0 Å². The van der Waals surface area contributed by atoms with Crippen LogP contribution in [0.2, 0.25) is 0 Å². The highest BCUT2D eigenvalue weighted by Gasteiger charge is 2.13. The van der Waals surface area contributed by atoms with E-state index in [0.717, 1.165) is 0 Å². The van der Waals surface area contributed by atoms with E-state index in [1.165, 1.54) is 11.7 Å². The summed E-state index contributed by atoms with van der Waals surface area (Å²) in [5.41, 5.74) is 0.370. The first-order valence-corrected chi connectivity index (χ1v) is 6.00. The van der Waals surface area contributed by atoms with Crippen molar-refractivity contribution >= 4 is 10.9 Å². The standard InChI is InChI=1S/C15H11NO4/c1-19-13-9-5-4-8-12(13)16-11-7-3-2-6-10(11)14(17)20-15(16)18/h2-9H,1H3. The monoisotopic (exact) mass is 269 g/mol. The Hall–Kier alpha value is -2.82. The van der Waals surface area contributed by atoms with Gasteiger partial charge in [0.15, 0.2) is 0 Å². The maximum atomic E-state index is 12.1. The van der Waals surface area contributed by atoms with Crippen LogP contribution in [0.4, 0.5) is 0 Å². The summed E-state index contributed by atoms with van der Waals surface area (Å²) in [6.07, 6.45) is 0. The molecule has 3 rings (SSSR count). The maximum Gasteiger partial charge on any atom is 0.427 e. The summed E-state index contributed by atoms with van der Waals surface area (Å²) in [6, 6.07) is 13.8. The molecule has 0 spiro atoms. The van der Waals surface area contributed by atoms with Gasteiger partial charge in [0.05, 0.1) is 23.7 Å². The summed E-state index contributed by atoms with van der Waals surface area (Å²) in [7, 11) is 1.52. The zero-order valence-electron chi connectivity index (χ0n) is 10.7. The van der Waals surface area contributed by atoms with Crippen LogP contribution in [0.5, 0.6) is 5.75 Å². The van der Waals surface area contributed by atoms with E-state index >= 15 is 0 Å². The van der Waals surface area contributed by atoms with E-state index in [9.17, 15) is 9.59 Å². The van der Waals surface area contributed by atoms with Crippen molar-refractivity contribution in [3.8, 4) is 11.4 Å². The molecule has 0 bridgehead atoms. The highest BCUT2D eigenvalue weighted by atomic mass is 16.5. The number of methoxy groups -OCH3 is 1. The molecule has 0 atom stereocenters. The second-order valence-corrected chi connectivity index (χ2v) is 4.18. The van der Waals surface area contributed by atoms with Crippen LogP contribution in [0.3, 0.4) is 0 Å². The number of ether oxygens (including phenoxy) is 1. The Morgan fingerprint density at radius 1 is 1.00 bits per heavy atom. The topological polar surface area (TPSA) is 61.4 Å². The summed E-state index contributed by atoms with van der Waals surface area (Å²) in [5.74, 6) is -0.216. The number of hydrogen-bond acceptors (Lipinski definition) is 4. The van der Waals surface area contributed by atoms with Crippen LogP contribution < -0.4 is 16.1 Å². The second-order valence-electron chi connectivity index (χ2n) is 4.18. The Balaban J connectivity index is 2.49. The lowest BCUT2D eigenvalue weighted by Gasteiger charge is -2.11. The molecule has 1 aromatic heterocycles. The predicted octanol–water partition coefficient (Wildman–Crippen LogP) is 1.95. The number of nitrogens with zero attached hydrogens (tertiary/aromatic N) is 1. The molecule has 5 nitrogen and oxygen atoms in total. The second kappa shape index (κ2) is 4.70. The fraction of sp³-hybridized carbons (Fsp3) is 0.0667. The van der Waals surface area contributed by atoms with Gasteiger partial charge in [-0.05, 0) is 24.3 Å². The van der Waals surface area contributed by atoms with Gasteiger partial charge in [0.2, 0.25) is 0 Å². The zero-order chi connectivity index (χ0) is 14.1. The number of hydrogen-bond donors (Lipinski definition) is 0. The van der Waals surface area contributed by atoms with Crippen LogP contribution in [-0.4, -0.2) is 11.7 Å². The average molecular weight is 269 g/mol. The van der Waals surface area contributed by atoms with Gasteiger partial charge in [0.25, 0.3) is 0 Å². The minimum atomic E-state index is -0.738. The Bertz CT molecular complexity index is 892. The zero-order valence-corrected chi connectivity index (χ0v) is 10.7. The normalized spacial score (nSPS) is 10.7. The summed E-state index contributed by atoms with van der Waals surface area (Å²) in [5, 5.41) is 0.345. The lowest BCUT2D eigenvalue weighted by Crippen LogP contribution is -2.24. The van der Waals surface area contributed by atoms with Crippen LogP contribution in [-0.2, 0) is 0 Å². The molecule has 5 heteroatoms. The van der Waals surface area contributed by atoms with Crippen molar-refractivity contribution in [1.29, 1.82) is 0 Å². The number of benzene rings is 2. The first kappa shape index (κ1) is 12.2. The van der Waals surface area contributed by atoms with Crippen molar-refractivity contribution in [2.75, 3.05) is 7.11 Å². The summed E-state index contributed by atoms with van der Waals surface area (Å²) < 4.78 is 11.4. The van der Waals surface area contributed by atoms with Gasteiger partial charge in [0.1, 0.15) is 5.75 Å². The van der Waals surface area contributed by atoms with E-state index in [2.05, 4.69) is 0 Å². The van der Waals surface area contributed by atoms with Crippen molar-refractivity contribution in [3.63, 3.8) is 0 Å². The quantitative estimate of drug-likeness (QED) is 0.713. The Morgan fingerprint density at radius 3 is 2.50 bits per heavy atom. The molecule has 2 aromatic carbocycles. The highest BCUT2D eigenvalue weighted by molar-refractivity contribution is 5.79. The van der Waals surface area contributed by atoms with Gasteiger partial charge in [-0.1, -0.05) is 24.3 Å². The molecule has 0 aliphatic rings. The SMILES string of the molecule is COc1ccccc1-n1c(=O)oc(=O)c2ccccc21. The van der Waals surface area contributed by atoms with Crippen molar-refractivity contribution in [1.82, 2.24) is 4.57 Å². The molecule has 0 saturated carbocycles. The largest absolute Gasteiger partial charge is 0.495 e. The van der Waals surface area contributed by atoms with Gasteiger partial charge in [0, 0.05) is 0 Å². The molecule has 20 heavy (non-hydrogen) atoms. The van der Waals surface area contributed by atoms with Gasteiger partial charge < -0.3 is 9.15 Å². The van der Waals surface area contributed by atoms with Crippen molar-refractivity contribution in [3.05, 3.63) is 69.5 Å². The molecular formula is C15H11NO4. The molecule has 1 heterocycles. The lowest BCUT2D eigenvalue weighted by atomic mass is 10.2. The first-order valence-electron chi connectivity index (χ1n) is 6.00. The van der Waals surface area contributed by atoms with Crippen molar-refractivity contribution in [2.24, 2.45) is 0 Å². The van der Waals surface area contributed by atoms with Gasteiger partial charge in [-0.25, -0.2) is 14.2 Å². The third-order valence-electron chi connectivity index (χ3n) is 3.05. The van der Waals surface area contributed by atoms with Crippen LogP contribution in [0, 0.1) is 0 Å². The average Bonchev–Trinajstić information content (AvgIpc) is 2.48. The third-order valence-corrected chi connectivity index (χ3v) is 3.05. The molecule has 0 fully saturated rings. The van der Waals surface area contributed by atoms with Crippen LogP contribution in [0.1, 0.15) is 0 Å². The smallest absolute Gasteiger partial charge is 0.427 e. The van der Waals surface area contributed by atoms with E-state index in [1.54, 1.807) is 48.5 Å². The Morgan fingerprint density at radius 2 is 1.70 bits per heavy atom. The maximum absolute atomic E-state index is 12.1. The number of fused-ring (bicyclic) bond motifs is 1. The van der Waals surface area contributed by atoms with E-state index in [4.69, 9.17) is 9.15 Å². The van der Waals surface area contributed by atoms with E-state index in [1.807, 2.05) is 0 Å². The van der Waals surface area contributed by atoms with Gasteiger partial charge in [-0.2, -0.15) is 0 Å². The molecule has 0 saturated heterocycles. The van der Waals surface area contributed by atoms with Crippen LogP contribution in [0.25, 0.3) is 16.6 Å².